The Kier molecular flexibility index (Phi) is 5.76. The van der Waals surface area contributed by atoms with Crippen molar-refractivity contribution in [2.75, 3.05) is 13.2 Å². The van der Waals surface area contributed by atoms with Crippen LogP contribution in [-0.4, -0.2) is 29.3 Å². The number of rotatable bonds is 7. The maximum absolute atomic E-state index is 12.3. The van der Waals surface area contributed by atoms with Crippen molar-refractivity contribution in [3.8, 4) is 5.75 Å². The summed E-state index contributed by atoms with van der Waals surface area (Å²) in [6, 6.07) is 7.06. The van der Waals surface area contributed by atoms with E-state index in [0.717, 1.165) is 11.3 Å². The molecular formula is C17H22N2O4. The molecule has 0 radical (unpaired) electrons. The van der Waals surface area contributed by atoms with Crippen LogP contribution >= 0.6 is 0 Å². The second kappa shape index (κ2) is 7.78. The molecular weight excluding hydrogens is 296 g/mol. The van der Waals surface area contributed by atoms with Gasteiger partial charge in [-0.15, -0.1) is 0 Å². The number of benzene rings is 1. The molecule has 0 aliphatic rings. The van der Waals surface area contributed by atoms with Gasteiger partial charge < -0.3 is 19.7 Å². The van der Waals surface area contributed by atoms with Crippen LogP contribution in [0.1, 0.15) is 34.3 Å². The maximum atomic E-state index is 12.3. The predicted octanol–water partition coefficient (Wildman–Crippen LogP) is 2.23. The van der Waals surface area contributed by atoms with Crippen LogP contribution in [0.2, 0.25) is 0 Å². The van der Waals surface area contributed by atoms with Crippen molar-refractivity contribution in [3.05, 3.63) is 46.8 Å². The van der Waals surface area contributed by atoms with Crippen molar-refractivity contribution >= 4 is 5.91 Å². The van der Waals surface area contributed by atoms with Crippen LogP contribution in [0, 0.1) is 19.8 Å². The Hall–Kier alpha value is -2.34. The standard InChI is InChI=1S/C17H22N2O4/c1-11(9-20)8-18-17(21)14-6-4-5-7-16(14)22-10-15-12(2)19-23-13(15)3/h4-7,11,20H,8-10H2,1-3H3,(H,18,21). The molecule has 1 amide bonds. The molecule has 2 rings (SSSR count). The summed E-state index contributed by atoms with van der Waals surface area (Å²) < 4.78 is 10.9. The molecule has 0 saturated carbocycles. The molecule has 2 aromatic rings. The summed E-state index contributed by atoms with van der Waals surface area (Å²) in [4.78, 5) is 12.3. The number of carbonyl (C=O) groups is 1. The molecule has 1 unspecified atom stereocenters. The van der Waals surface area contributed by atoms with Crippen molar-refractivity contribution in [1.29, 1.82) is 0 Å². The van der Waals surface area contributed by atoms with E-state index in [2.05, 4.69) is 10.5 Å². The highest BCUT2D eigenvalue weighted by Gasteiger charge is 2.15. The molecule has 0 aliphatic carbocycles. The predicted molar refractivity (Wildman–Crippen MR) is 85.3 cm³/mol. The summed E-state index contributed by atoms with van der Waals surface area (Å²) in [7, 11) is 0. The van der Waals surface area contributed by atoms with E-state index in [1.54, 1.807) is 18.2 Å². The van der Waals surface area contributed by atoms with Gasteiger partial charge in [-0.05, 0) is 31.9 Å². The molecule has 1 atom stereocenters. The van der Waals surface area contributed by atoms with E-state index in [4.69, 9.17) is 14.4 Å². The molecule has 0 bridgehead atoms. The number of aliphatic hydroxyl groups excluding tert-OH is 1. The topological polar surface area (TPSA) is 84.6 Å². The summed E-state index contributed by atoms with van der Waals surface area (Å²) in [5, 5.41) is 15.7. The number of ether oxygens (including phenoxy) is 1. The molecule has 6 heteroatoms. The molecule has 0 aliphatic heterocycles. The number of amides is 1. The second-order valence-electron chi connectivity index (χ2n) is 5.59. The third-order valence-corrected chi connectivity index (χ3v) is 3.61. The lowest BCUT2D eigenvalue weighted by Gasteiger charge is -2.13. The molecule has 1 heterocycles. The molecule has 124 valence electrons. The van der Waals surface area contributed by atoms with Crippen LogP contribution in [0.3, 0.4) is 0 Å². The van der Waals surface area contributed by atoms with Crippen molar-refractivity contribution in [3.63, 3.8) is 0 Å². The van der Waals surface area contributed by atoms with Crippen molar-refractivity contribution in [1.82, 2.24) is 10.5 Å². The Bertz CT molecular complexity index is 647. The van der Waals surface area contributed by atoms with E-state index >= 15 is 0 Å². The molecule has 0 spiro atoms. The zero-order chi connectivity index (χ0) is 16.8. The number of aryl methyl sites for hydroxylation is 2. The van der Waals surface area contributed by atoms with Gasteiger partial charge >= 0.3 is 0 Å². The van der Waals surface area contributed by atoms with Gasteiger partial charge in [0.25, 0.3) is 5.91 Å². The average molecular weight is 318 g/mol. The van der Waals surface area contributed by atoms with Gasteiger partial charge in [-0.25, -0.2) is 0 Å². The molecule has 23 heavy (non-hydrogen) atoms. The summed E-state index contributed by atoms with van der Waals surface area (Å²) in [6.45, 7) is 6.27. The summed E-state index contributed by atoms with van der Waals surface area (Å²) in [5.74, 6) is 0.997. The van der Waals surface area contributed by atoms with Crippen LogP contribution in [0.4, 0.5) is 0 Å². The van der Waals surface area contributed by atoms with E-state index in [1.165, 1.54) is 0 Å². The number of hydrogen-bond acceptors (Lipinski definition) is 5. The summed E-state index contributed by atoms with van der Waals surface area (Å²) >= 11 is 0. The van der Waals surface area contributed by atoms with Crippen molar-refractivity contribution in [2.45, 2.75) is 27.4 Å². The first-order chi connectivity index (χ1) is 11.0. The number of para-hydroxylation sites is 1. The number of aromatic nitrogens is 1. The highest BCUT2D eigenvalue weighted by molar-refractivity contribution is 5.96. The third-order valence-electron chi connectivity index (χ3n) is 3.61. The smallest absolute Gasteiger partial charge is 0.255 e. The second-order valence-corrected chi connectivity index (χ2v) is 5.59. The molecule has 0 fully saturated rings. The first-order valence-electron chi connectivity index (χ1n) is 7.55. The quantitative estimate of drug-likeness (QED) is 0.818. The largest absolute Gasteiger partial charge is 0.488 e. The van der Waals surface area contributed by atoms with Gasteiger partial charge in [-0.2, -0.15) is 0 Å². The monoisotopic (exact) mass is 318 g/mol. The summed E-state index contributed by atoms with van der Waals surface area (Å²) in [6.07, 6.45) is 0. The fourth-order valence-electron chi connectivity index (χ4n) is 2.06. The minimum absolute atomic E-state index is 0.00864. The lowest BCUT2D eigenvalue weighted by molar-refractivity contribution is 0.0938. The fraction of sp³-hybridized carbons (Fsp3) is 0.412. The highest BCUT2D eigenvalue weighted by atomic mass is 16.5. The molecule has 6 nitrogen and oxygen atoms in total. The van der Waals surface area contributed by atoms with E-state index in [1.807, 2.05) is 26.8 Å². The Balaban J connectivity index is 2.07. The van der Waals surface area contributed by atoms with Crippen LogP contribution in [0.25, 0.3) is 0 Å². The van der Waals surface area contributed by atoms with Crippen LogP contribution in [0.5, 0.6) is 5.75 Å². The van der Waals surface area contributed by atoms with Gasteiger partial charge in [-0.1, -0.05) is 24.2 Å². The number of aliphatic hydroxyl groups is 1. The lowest BCUT2D eigenvalue weighted by Crippen LogP contribution is -2.29. The third kappa shape index (κ3) is 4.32. The highest BCUT2D eigenvalue weighted by Crippen LogP contribution is 2.21. The van der Waals surface area contributed by atoms with Gasteiger partial charge in [-0.3, -0.25) is 4.79 Å². The number of nitrogens with zero attached hydrogens (tertiary/aromatic N) is 1. The van der Waals surface area contributed by atoms with Crippen molar-refractivity contribution < 1.29 is 19.2 Å². The molecule has 1 aromatic carbocycles. The zero-order valence-electron chi connectivity index (χ0n) is 13.6. The number of carbonyl (C=O) groups excluding carboxylic acids is 1. The molecule has 0 saturated heterocycles. The van der Waals surface area contributed by atoms with Gasteiger partial charge in [0.1, 0.15) is 18.1 Å². The minimum Gasteiger partial charge on any atom is -0.488 e. The molecule has 2 N–H and O–H groups in total. The van der Waals surface area contributed by atoms with Crippen LogP contribution in [-0.2, 0) is 6.61 Å². The van der Waals surface area contributed by atoms with E-state index in [-0.39, 0.29) is 18.4 Å². The molecule has 1 aromatic heterocycles. The van der Waals surface area contributed by atoms with Gasteiger partial charge in [0.05, 0.1) is 16.8 Å². The normalized spacial score (nSPS) is 12.0. The maximum Gasteiger partial charge on any atom is 0.255 e. The summed E-state index contributed by atoms with van der Waals surface area (Å²) in [5.41, 5.74) is 2.12. The van der Waals surface area contributed by atoms with E-state index in [0.29, 0.717) is 30.2 Å². The van der Waals surface area contributed by atoms with Gasteiger partial charge in [0.2, 0.25) is 0 Å². The average Bonchev–Trinajstić information content (AvgIpc) is 2.89. The number of hydrogen-bond donors (Lipinski definition) is 2. The first kappa shape index (κ1) is 17.0. The zero-order valence-corrected chi connectivity index (χ0v) is 13.6. The fourth-order valence-corrected chi connectivity index (χ4v) is 2.06. The van der Waals surface area contributed by atoms with Crippen LogP contribution in [0.15, 0.2) is 28.8 Å². The lowest BCUT2D eigenvalue weighted by atomic mass is 10.1. The Morgan fingerprint density at radius 1 is 1.39 bits per heavy atom. The first-order valence-corrected chi connectivity index (χ1v) is 7.55. The Labute approximate surface area is 135 Å². The van der Waals surface area contributed by atoms with E-state index in [9.17, 15) is 4.79 Å². The van der Waals surface area contributed by atoms with Crippen molar-refractivity contribution in [2.24, 2.45) is 5.92 Å². The van der Waals surface area contributed by atoms with Gasteiger partial charge in [0.15, 0.2) is 0 Å². The van der Waals surface area contributed by atoms with Crippen LogP contribution < -0.4 is 10.1 Å². The van der Waals surface area contributed by atoms with Gasteiger partial charge in [0, 0.05) is 13.2 Å². The van der Waals surface area contributed by atoms with E-state index < -0.39 is 0 Å². The Morgan fingerprint density at radius 3 is 2.78 bits per heavy atom. The number of nitrogens with one attached hydrogen (secondary N) is 1. The minimum atomic E-state index is -0.223. The SMILES string of the molecule is Cc1noc(C)c1COc1ccccc1C(=O)NCC(C)CO. The Morgan fingerprint density at radius 2 is 2.13 bits per heavy atom.